The van der Waals surface area contributed by atoms with Gasteiger partial charge in [-0.1, -0.05) is 13.8 Å². The third kappa shape index (κ3) is 2.53. The highest BCUT2D eigenvalue weighted by molar-refractivity contribution is 5.74. The third-order valence-corrected chi connectivity index (χ3v) is 7.68. The molecule has 0 aromatic heterocycles. The average molecular weight is 395 g/mol. The van der Waals surface area contributed by atoms with Crippen LogP contribution >= 0.6 is 0 Å². The fourth-order valence-electron chi connectivity index (χ4n) is 5.96. The molecule has 5 saturated heterocycles. The lowest BCUT2D eigenvalue weighted by Crippen LogP contribution is -2.71. The lowest BCUT2D eigenvalue weighted by atomic mass is 9.57. The Hall–Kier alpha value is -1.38. The Morgan fingerprint density at radius 3 is 2.68 bits per heavy atom. The molecule has 156 valence electrons. The first-order valence-electron chi connectivity index (χ1n) is 10.5. The van der Waals surface area contributed by atoms with E-state index < -0.39 is 17.7 Å². The molecule has 1 spiro atoms. The van der Waals surface area contributed by atoms with E-state index in [1.807, 2.05) is 13.8 Å². The monoisotopic (exact) mass is 395 g/mol. The molecule has 8 heteroatoms. The average Bonchev–Trinajstić information content (AvgIpc) is 3.11. The molecule has 6 fully saturated rings. The molecule has 5 aliphatic heterocycles. The number of fused-ring (bicyclic) bond motifs is 2. The summed E-state index contributed by atoms with van der Waals surface area (Å²) in [5, 5.41) is 0. The molecule has 0 radical (unpaired) electrons. The van der Waals surface area contributed by atoms with Gasteiger partial charge >= 0.3 is 12.1 Å². The molecule has 5 heterocycles. The van der Waals surface area contributed by atoms with E-state index in [-0.39, 0.29) is 41.8 Å². The van der Waals surface area contributed by atoms with Gasteiger partial charge in [0.05, 0.1) is 5.92 Å². The lowest BCUT2D eigenvalue weighted by molar-refractivity contribution is -0.560. The molecule has 0 aromatic carbocycles. The molecule has 2 bridgehead atoms. The number of likely N-dealkylation sites (tertiary alicyclic amines) is 1. The second kappa shape index (κ2) is 6.31. The first-order chi connectivity index (χ1) is 13.3. The summed E-state index contributed by atoms with van der Waals surface area (Å²) in [6.07, 6.45) is 2.71. The smallest absolute Gasteiger partial charge is 0.410 e. The number of hydrogen-bond acceptors (Lipinski definition) is 7. The fraction of sp³-hybridized carbons (Fsp3) is 0.900. The quantitative estimate of drug-likeness (QED) is 0.498. The van der Waals surface area contributed by atoms with E-state index in [0.29, 0.717) is 12.8 Å². The maximum atomic E-state index is 12.6. The highest BCUT2D eigenvalue weighted by atomic mass is 17.3. The molecule has 1 amide bonds. The van der Waals surface area contributed by atoms with Gasteiger partial charge in [0.25, 0.3) is 0 Å². The normalized spacial score (nSPS) is 50.0. The number of rotatable bonds is 1. The molecular formula is C20H29NO7. The summed E-state index contributed by atoms with van der Waals surface area (Å²) in [6.45, 7) is 7.27. The third-order valence-electron chi connectivity index (χ3n) is 7.68. The predicted octanol–water partition coefficient (Wildman–Crippen LogP) is 2.61. The minimum Gasteiger partial charge on any atom is -0.446 e. The van der Waals surface area contributed by atoms with Crippen molar-refractivity contribution in [2.24, 2.45) is 23.7 Å². The molecule has 0 N–H and O–H groups in total. The van der Waals surface area contributed by atoms with E-state index in [0.717, 1.165) is 32.4 Å². The zero-order valence-corrected chi connectivity index (χ0v) is 16.7. The molecule has 8 nitrogen and oxygen atoms in total. The zero-order chi connectivity index (χ0) is 19.7. The molecule has 1 aliphatic carbocycles. The van der Waals surface area contributed by atoms with E-state index in [1.165, 1.54) is 0 Å². The van der Waals surface area contributed by atoms with Gasteiger partial charge in [0.1, 0.15) is 6.10 Å². The van der Waals surface area contributed by atoms with Crippen LogP contribution in [0.25, 0.3) is 0 Å². The van der Waals surface area contributed by atoms with Crippen molar-refractivity contribution in [2.45, 2.75) is 76.7 Å². The van der Waals surface area contributed by atoms with Crippen LogP contribution in [-0.2, 0) is 28.8 Å². The number of hydrogen-bond donors (Lipinski definition) is 0. The fourth-order valence-corrected chi connectivity index (χ4v) is 5.96. The van der Waals surface area contributed by atoms with Crippen LogP contribution in [0.4, 0.5) is 4.79 Å². The highest BCUT2D eigenvalue weighted by Gasteiger charge is 2.71. The van der Waals surface area contributed by atoms with Crippen LogP contribution in [0.15, 0.2) is 0 Å². The van der Waals surface area contributed by atoms with Gasteiger partial charge < -0.3 is 19.1 Å². The van der Waals surface area contributed by atoms with Crippen LogP contribution in [0.3, 0.4) is 0 Å². The van der Waals surface area contributed by atoms with E-state index in [4.69, 9.17) is 24.0 Å². The summed E-state index contributed by atoms with van der Waals surface area (Å²) in [7, 11) is 0. The molecule has 6 rings (SSSR count). The van der Waals surface area contributed by atoms with E-state index >= 15 is 0 Å². The van der Waals surface area contributed by atoms with Crippen LogP contribution in [0, 0.1) is 23.7 Å². The standard InChI is InChI=1S/C20H29NO7/c1-11-13-6-7-19(3)26-17-20(13,28-27-19)14(12(2)16(22)25-17)10-15(11)24-18(23)21-8-4-5-9-21/h11-15,17H,4-10H2,1-3H3/t11-,12+,13-,14-,15-,17+,19?,20+/m0/s1. The van der Waals surface area contributed by atoms with Crippen molar-refractivity contribution < 1.29 is 33.6 Å². The number of amides is 1. The van der Waals surface area contributed by atoms with Gasteiger partial charge in [-0.15, -0.1) is 0 Å². The number of nitrogens with zero attached hydrogens (tertiary/aromatic N) is 1. The number of carbonyl (C=O) groups is 2. The van der Waals surface area contributed by atoms with Crippen molar-refractivity contribution in [3.8, 4) is 0 Å². The van der Waals surface area contributed by atoms with Gasteiger partial charge in [-0.2, -0.15) is 0 Å². The molecule has 0 aromatic rings. The first kappa shape index (κ1) is 18.6. The zero-order valence-electron chi connectivity index (χ0n) is 16.7. The van der Waals surface area contributed by atoms with Crippen LogP contribution in [0.1, 0.15) is 52.9 Å². The van der Waals surface area contributed by atoms with Crippen LogP contribution in [-0.4, -0.2) is 53.8 Å². The molecule has 28 heavy (non-hydrogen) atoms. The van der Waals surface area contributed by atoms with E-state index in [2.05, 4.69) is 6.92 Å². The summed E-state index contributed by atoms with van der Waals surface area (Å²) in [5.74, 6) is -1.75. The van der Waals surface area contributed by atoms with Crippen molar-refractivity contribution in [1.82, 2.24) is 4.90 Å². The van der Waals surface area contributed by atoms with Gasteiger partial charge in [-0.05, 0) is 38.5 Å². The SMILES string of the molecule is C[C@@H]1[C@@H](OC(=O)N2CCCC2)C[C@H]2[C@@H](C)C(=O)O[C@@H]3OC4(C)CC[C@@H]1[C@]32OO4. The van der Waals surface area contributed by atoms with Crippen LogP contribution < -0.4 is 0 Å². The second-order valence-corrected chi connectivity index (χ2v) is 9.29. The summed E-state index contributed by atoms with van der Waals surface area (Å²) in [6, 6.07) is 0. The molecule has 6 aliphatic rings. The Morgan fingerprint density at radius 2 is 1.93 bits per heavy atom. The highest BCUT2D eigenvalue weighted by Crippen LogP contribution is 2.60. The van der Waals surface area contributed by atoms with Gasteiger partial charge in [-0.3, -0.25) is 4.79 Å². The maximum absolute atomic E-state index is 12.6. The van der Waals surface area contributed by atoms with Crippen LogP contribution in [0.2, 0.25) is 0 Å². The number of carbonyl (C=O) groups excluding carboxylic acids is 2. The first-order valence-corrected chi connectivity index (χ1v) is 10.5. The van der Waals surface area contributed by atoms with E-state index in [9.17, 15) is 9.59 Å². The van der Waals surface area contributed by atoms with Crippen molar-refractivity contribution in [3.05, 3.63) is 0 Å². The summed E-state index contributed by atoms with van der Waals surface area (Å²) in [5.41, 5.74) is -0.848. The predicted molar refractivity (Wildman–Crippen MR) is 94.5 cm³/mol. The molecule has 1 unspecified atom stereocenters. The van der Waals surface area contributed by atoms with Crippen LogP contribution in [0.5, 0.6) is 0 Å². The van der Waals surface area contributed by atoms with Gasteiger partial charge in [0, 0.05) is 31.3 Å². The summed E-state index contributed by atoms with van der Waals surface area (Å²) < 4.78 is 17.7. The Labute approximate surface area is 164 Å². The summed E-state index contributed by atoms with van der Waals surface area (Å²) >= 11 is 0. The topological polar surface area (TPSA) is 83.5 Å². The summed E-state index contributed by atoms with van der Waals surface area (Å²) in [4.78, 5) is 38.7. The number of ether oxygens (including phenoxy) is 3. The van der Waals surface area contributed by atoms with Crippen molar-refractivity contribution in [3.63, 3.8) is 0 Å². The Bertz CT molecular complexity index is 679. The van der Waals surface area contributed by atoms with Gasteiger partial charge in [0.2, 0.25) is 12.1 Å². The molecular weight excluding hydrogens is 366 g/mol. The number of esters is 1. The minimum atomic E-state index is -0.930. The van der Waals surface area contributed by atoms with Gasteiger partial charge in [-0.25, -0.2) is 14.6 Å². The molecule has 1 saturated carbocycles. The van der Waals surface area contributed by atoms with E-state index in [1.54, 1.807) is 4.90 Å². The Kier molecular flexibility index (Phi) is 4.20. The van der Waals surface area contributed by atoms with Crippen molar-refractivity contribution >= 4 is 12.1 Å². The second-order valence-electron chi connectivity index (χ2n) is 9.29. The largest absolute Gasteiger partial charge is 0.446 e. The molecule has 8 atom stereocenters. The van der Waals surface area contributed by atoms with Crippen molar-refractivity contribution in [1.29, 1.82) is 0 Å². The lowest BCUT2D eigenvalue weighted by Gasteiger charge is -2.58. The Balaban J connectivity index is 1.47. The van der Waals surface area contributed by atoms with Crippen molar-refractivity contribution in [2.75, 3.05) is 13.1 Å². The maximum Gasteiger partial charge on any atom is 0.410 e. The Morgan fingerprint density at radius 1 is 1.18 bits per heavy atom. The minimum absolute atomic E-state index is 0.00695. The van der Waals surface area contributed by atoms with Gasteiger partial charge in [0.15, 0.2) is 5.60 Å².